The monoisotopic (exact) mass is 416 g/mol. The van der Waals surface area contributed by atoms with Crippen LogP contribution in [-0.2, 0) is 10.0 Å². The highest BCUT2D eigenvalue weighted by molar-refractivity contribution is 7.93. The molecular weight excluding hydrogens is 404 g/mol. The molecule has 3 aromatic carbocycles. The Labute approximate surface area is 165 Å². The summed E-state index contributed by atoms with van der Waals surface area (Å²) in [6, 6.07) is 11.0. The topological polar surface area (TPSA) is 93.7 Å². The number of carbonyl (C=O) groups is 1. The van der Waals surface area contributed by atoms with Crippen molar-refractivity contribution < 1.29 is 22.7 Å². The van der Waals surface area contributed by atoms with Gasteiger partial charge in [-0.2, -0.15) is 0 Å². The normalized spacial score (nSPS) is 14.8. The van der Waals surface area contributed by atoms with Crippen molar-refractivity contribution in [2.75, 3.05) is 23.3 Å². The molecule has 7 nitrogen and oxygen atoms in total. The molecule has 0 saturated carbocycles. The van der Waals surface area contributed by atoms with Crippen molar-refractivity contribution in [3.05, 3.63) is 53.1 Å². The van der Waals surface area contributed by atoms with Crippen molar-refractivity contribution in [3.8, 4) is 11.5 Å². The number of carbonyl (C=O) groups excluding carboxylic acids is 1. The number of anilines is 2. The number of amides is 1. The second kappa shape index (κ2) is 6.02. The SMILES string of the molecule is O=C1Nc2ccc(S(=O)(=O)Nc3cc4c(cc3Cl)OCCO4)c3cccc1c23. The molecule has 5 rings (SSSR count). The summed E-state index contributed by atoms with van der Waals surface area (Å²) in [7, 11) is -3.98. The molecule has 1 amide bonds. The van der Waals surface area contributed by atoms with Crippen LogP contribution in [0.2, 0.25) is 5.02 Å². The molecule has 142 valence electrons. The number of benzene rings is 3. The maximum Gasteiger partial charge on any atom is 0.262 e. The van der Waals surface area contributed by atoms with E-state index in [0.717, 1.165) is 0 Å². The average Bonchev–Trinajstić information content (AvgIpc) is 3.00. The van der Waals surface area contributed by atoms with Gasteiger partial charge in [-0.3, -0.25) is 9.52 Å². The second-order valence-corrected chi connectivity index (χ2v) is 8.43. The molecule has 0 fully saturated rings. The van der Waals surface area contributed by atoms with Gasteiger partial charge < -0.3 is 14.8 Å². The van der Waals surface area contributed by atoms with Gasteiger partial charge in [0.1, 0.15) is 13.2 Å². The number of halogens is 1. The summed E-state index contributed by atoms with van der Waals surface area (Å²) < 4.78 is 39.7. The Bertz CT molecular complexity index is 1270. The van der Waals surface area contributed by atoms with E-state index in [1.807, 2.05) is 0 Å². The van der Waals surface area contributed by atoms with Crippen LogP contribution in [0.15, 0.2) is 47.4 Å². The number of hydrogen-bond acceptors (Lipinski definition) is 5. The molecule has 2 heterocycles. The highest BCUT2D eigenvalue weighted by Crippen LogP contribution is 2.40. The molecule has 2 N–H and O–H groups in total. The van der Waals surface area contributed by atoms with Crippen LogP contribution in [0.5, 0.6) is 11.5 Å². The first kappa shape index (κ1) is 17.2. The van der Waals surface area contributed by atoms with E-state index in [9.17, 15) is 13.2 Å². The van der Waals surface area contributed by atoms with E-state index >= 15 is 0 Å². The van der Waals surface area contributed by atoms with Crippen molar-refractivity contribution in [3.63, 3.8) is 0 Å². The fraction of sp³-hybridized carbons (Fsp3) is 0.105. The van der Waals surface area contributed by atoms with Crippen molar-refractivity contribution >= 4 is 49.7 Å². The minimum atomic E-state index is -3.98. The third-order valence-corrected chi connectivity index (χ3v) is 6.40. The third-order valence-electron chi connectivity index (χ3n) is 4.66. The van der Waals surface area contributed by atoms with Crippen LogP contribution in [0.25, 0.3) is 10.8 Å². The fourth-order valence-corrected chi connectivity index (χ4v) is 4.97. The number of ether oxygens (including phenoxy) is 2. The molecule has 0 aliphatic carbocycles. The first-order chi connectivity index (χ1) is 13.4. The molecule has 28 heavy (non-hydrogen) atoms. The Morgan fingerprint density at radius 1 is 1.04 bits per heavy atom. The molecule has 0 radical (unpaired) electrons. The molecular formula is C19H13ClN2O5S. The minimum Gasteiger partial charge on any atom is -0.486 e. The summed E-state index contributed by atoms with van der Waals surface area (Å²) in [6.07, 6.45) is 0. The predicted octanol–water partition coefficient (Wildman–Crippen LogP) is 3.63. The van der Waals surface area contributed by atoms with Gasteiger partial charge in [0.2, 0.25) is 0 Å². The van der Waals surface area contributed by atoms with Gasteiger partial charge in [0.25, 0.3) is 15.9 Å². The van der Waals surface area contributed by atoms with E-state index in [-0.39, 0.29) is 21.5 Å². The highest BCUT2D eigenvalue weighted by atomic mass is 35.5. The highest BCUT2D eigenvalue weighted by Gasteiger charge is 2.27. The molecule has 9 heteroatoms. The summed E-state index contributed by atoms with van der Waals surface area (Å²) in [5.41, 5.74) is 1.22. The summed E-state index contributed by atoms with van der Waals surface area (Å²) in [5, 5.41) is 3.97. The van der Waals surface area contributed by atoms with Gasteiger partial charge in [0, 0.05) is 34.2 Å². The van der Waals surface area contributed by atoms with Crippen LogP contribution in [-0.4, -0.2) is 27.5 Å². The maximum absolute atomic E-state index is 13.1. The molecule has 0 saturated heterocycles. The number of nitrogens with one attached hydrogen (secondary N) is 2. The zero-order chi connectivity index (χ0) is 19.5. The molecule has 3 aromatic rings. The smallest absolute Gasteiger partial charge is 0.262 e. The Balaban J connectivity index is 1.61. The van der Waals surface area contributed by atoms with Crippen LogP contribution < -0.4 is 19.5 Å². The predicted molar refractivity (Wildman–Crippen MR) is 105 cm³/mol. The Kier molecular flexibility index (Phi) is 3.68. The lowest BCUT2D eigenvalue weighted by atomic mass is 10.1. The number of rotatable bonds is 3. The van der Waals surface area contributed by atoms with Gasteiger partial charge in [-0.25, -0.2) is 8.42 Å². The van der Waals surface area contributed by atoms with E-state index in [1.165, 1.54) is 18.2 Å². The van der Waals surface area contributed by atoms with E-state index in [2.05, 4.69) is 10.0 Å². The Morgan fingerprint density at radius 2 is 1.79 bits per heavy atom. The van der Waals surface area contributed by atoms with Gasteiger partial charge in [-0.15, -0.1) is 0 Å². The minimum absolute atomic E-state index is 0.0514. The molecule has 0 unspecified atom stereocenters. The lowest BCUT2D eigenvalue weighted by Gasteiger charge is -2.20. The molecule has 0 bridgehead atoms. The Morgan fingerprint density at radius 3 is 2.57 bits per heavy atom. The third kappa shape index (κ3) is 2.56. The van der Waals surface area contributed by atoms with Crippen molar-refractivity contribution in [2.24, 2.45) is 0 Å². The van der Waals surface area contributed by atoms with Crippen LogP contribution >= 0.6 is 11.6 Å². The van der Waals surface area contributed by atoms with Crippen molar-refractivity contribution in [1.82, 2.24) is 0 Å². The summed E-state index contributed by atoms with van der Waals surface area (Å²) >= 11 is 6.24. The number of hydrogen-bond donors (Lipinski definition) is 2. The summed E-state index contributed by atoms with van der Waals surface area (Å²) in [4.78, 5) is 12.1. The standard InChI is InChI=1S/C19H13ClN2O5S/c20-12-8-15-16(27-7-6-26-15)9-14(12)22-28(24,25)17-5-4-13-18-10(17)2-1-3-11(18)19(23)21-13/h1-5,8-9,22H,6-7H2,(H,21,23). The largest absolute Gasteiger partial charge is 0.486 e. The Hall–Kier alpha value is -2.97. The van der Waals surface area contributed by atoms with E-state index in [4.69, 9.17) is 21.1 Å². The average molecular weight is 417 g/mol. The van der Waals surface area contributed by atoms with Crippen LogP contribution in [0, 0.1) is 0 Å². The van der Waals surface area contributed by atoms with Gasteiger partial charge in [-0.05, 0) is 18.2 Å². The van der Waals surface area contributed by atoms with E-state index in [0.29, 0.717) is 46.7 Å². The maximum atomic E-state index is 13.1. The number of fused-ring (bicyclic) bond motifs is 1. The van der Waals surface area contributed by atoms with Crippen LogP contribution in [0.1, 0.15) is 10.4 Å². The van der Waals surface area contributed by atoms with Gasteiger partial charge in [0.15, 0.2) is 11.5 Å². The summed E-state index contributed by atoms with van der Waals surface area (Å²) in [5.74, 6) is 0.635. The molecule has 2 aliphatic heterocycles. The van der Waals surface area contributed by atoms with Crippen molar-refractivity contribution in [2.45, 2.75) is 4.90 Å². The lowest BCUT2D eigenvalue weighted by molar-refractivity contribution is 0.103. The van der Waals surface area contributed by atoms with Gasteiger partial charge in [-0.1, -0.05) is 23.7 Å². The molecule has 2 aliphatic rings. The quantitative estimate of drug-likeness (QED) is 0.680. The first-order valence-electron chi connectivity index (χ1n) is 8.43. The van der Waals surface area contributed by atoms with Crippen LogP contribution in [0.4, 0.5) is 11.4 Å². The van der Waals surface area contributed by atoms with Crippen molar-refractivity contribution in [1.29, 1.82) is 0 Å². The zero-order valence-electron chi connectivity index (χ0n) is 14.3. The summed E-state index contributed by atoms with van der Waals surface area (Å²) in [6.45, 7) is 0.776. The fourth-order valence-electron chi connectivity index (χ4n) is 3.44. The molecule has 0 spiro atoms. The lowest BCUT2D eigenvalue weighted by Crippen LogP contribution is -2.17. The molecule has 0 atom stereocenters. The zero-order valence-corrected chi connectivity index (χ0v) is 15.9. The van der Waals surface area contributed by atoms with Crippen LogP contribution in [0.3, 0.4) is 0 Å². The number of sulfonamides is 1. The first-order valence-corrected chi connectivity index (χ1v) is 10.3. The van der Waals surface area contributed by atoms with E-state index < -0.39 is 10.0 Å². The van der Waals surface area contributed by atoms with Gasteiger partial charge in [0.05, 0.1) is 15.6 Å². The van der Waals surface area contributed by atoms with Gasteiger partial charge >= 0.3 is 0 Å². The second-order valence-electron chi connectivity index (χ2n) is 6.37. The van der Waals surface area contributed by atoms with E-state index in [1.54, 1.807) is 24.3 Å². The molecule has 0 aromatic heterocycles.